The molecule has 0 saturated carbocycles. The number of nitrogens with zero attached hydrogens (tertiary/aromatic N) is 2. The zero-order valence-corrected chi connectivity index (χ0v) is 17.1. The molecule has 2 N–H and O–H groups in total. The summed E-state index contributed by atoms with van der Waals surface area (Å²) in [5.74, 6) is 1.73. The molecule has 0 spiro atoms. The molecule has 26 heavy (non-hydrogen) atoms. The Bertz CT molecular complexity index is 544. The number of carbonyl (C=O) groups excluding carboxylic acids is 1. The van der Waals surface area contributed by atoms with Crippen LogP contribution in [0.15, 0.2) is 22.5 Å². The quantitative estimate of drug-likeness (QED) is 0.394. The van der Waals surface area contributed by atoms with Crippen molar-refractivity contribution >= 4 is 23.2 Å². The van der Waals surface area contributed by atoms with Crippen LogP contribution < -0.4 is 10.6 Å². The van der Waals surface area contributed by atoms with Crippen molar-refractivity contribution < 1.29 is 4.79 Å². The summed E-state index contributed by atoms with van der Waals surface area (Å²) in [6, 6.07) is 4.30. The minimum Gasteiger partial charge on any atom is -0.357 e. The molecule has 0 bridgehead atoms. The SMILES string of the molecule is CCNC(=NCC(C)Cc1cccs1)NCCCN1CCCCCC1=O. The molecule has 1 aliphatic heterocycles. The predicted molar refractivity (Wildman–Crippen MR) is 111 cm³/mol. The van der Waals surface area contributed by atoms with E-state index >= 15 is 0 Å². The first-order valence-corrected chi connectivity index (χ1v) is 10.9. The average Bonchev–Trinajstić information content (AvgIpc) is 3.05. The monoisotopic (exact) mass is 378 g/mol. The summed E-state index contributed by atoms with van der Waals surface area (Å²) in [7, 11) is 0. The Morgan fingerprint density at radius 1 is 1.35 bits per heavy atom. The van der Waals surface area contributed by atoms with Crippen molar-refractivity contribution in [3.8, 4) is 0 Å². The standard InChI is InChI=1S/C20H34N4OS/c1-3-21-20(23-16-17(2)15-18-9-7-14-26-18)22-11-8-13-24-12-6-4-5-10-19(24)25/h7,9,14,17H,3-6,8,10-13,15-16H2,1-2H3,(H2,21,22,23). The van der Waals surface area contributed by atoms with Gasteiger partial charge in [-0.3, -0.25) is 9.79 Å². The Morgan fingerprint density at radius 3 is 3.00 bits per heavy atom. The third-order valence-electron chi connectivity index (χ3n) is 4.60. The lowest BCUT2D eigenvalue weighted by Crippen LogP contribution is -2.39. The van der Waals surface area contributed by atoms with Crippen LogP contribution >= 0.6 is 11.3 Å². The fraction of sp³-hybridized carbons (Fsp3) is 0.700. The maximum atomic E-state index is 12.0. The smallest absolute Gasteiger partial charge is 0.222 e. The van der Waals surface area contributed by atoms with Crippen molar-refractivity contribution in [3.05, 3.63) is 22.4 Å². The van der Waals surface area contributed by atoms with Crippen molar-refractivity contribution in [1.29, 1.82) is 0 Å². The molecule has 146 valence electrons. The zero-order valence-electron chi connectivity index (χ0n) is 16.3. The van der Waals surface area contributed by atoms with Crippen molar-refractivity contribution in [1.82, 2.24) is 15.5 Å². The summed E-state index contributed by atoms with van der Waals surface area (Å²) < 4.78 is 0. The Labute approximate surface area is 162 Å². The molecule has 2 heterocycles. The van der Waals surface area contributed by atoms with Gasteiger partial charge in [0.25, 0.3) is 0 Å². The van der Waals surface area contributed by atoms with Crippen LogP contribution in [0.5, 0.6) is 0 Å². The van der Waals surface area contributed by atoms with Gasteiger partial charge in [0.1, 0.15) is 0 Å². The van der Waals surface area contributed by atoms with Gasteiger partial charge in [0, 0.05) is 44.0 Å². The van der Waals surface area contributed by atoms with Gasteiger partial charge in [-0.25, -0.2) is 0 Å². The second-order valence-electron chi connectivity index (χ2n) is 7.08. The highest BCUT2D eigenvalue weighted by Gasteiger charge is 2.15. The predicted octanol–water partition coefficient (Wildman–Crippen LogP) is 3.27. The number of rotatable bonds is 9. The Hall–Kier alpha value is -1.56. The van der Waals surface area contributed by atoms with Crippen molar-refractivity contribution in [2.45, 2.75) is 52.4 Å². The van der Waals surface area contributed by atoms with Gasteiger partial charge >= 0.3 is 0 Å². The summed E-state index contributed by atoms with van der Waals surface area (Å²) >= 11 is 1.82. The maximum absolute atomic E-state index is 12.0. The molecule has 1 aromatic heterocycles. The lowest BCUT2D eigenvalue weighted by Gasteiger charge is -2.21. The van der Waals surface area contributed by atoms with Gasteiger partial charge in [-0.05, 0) is 50.0 Å². The molecule has 1 saturated heterocycles. The number of hydrogen-bond acceptors (Lipinski definition) is 3. The number of nitrogens with one attached hydrogen (secondary N) is 2. The fourth-order valence-corrected chi connectivity index (χ4v) is 4.05. The van der Waals surface area contributed by atoms with Gasteiger partial charge in [0.2, 0.25) is 5.91 Å². The summed E-state index contributed by atoms with van der Waals surface area (Å²) in [5.41, 5.74) is 0. The normalized spacial score (nSPS) is 17.1. The first kappa shape index (κ1) is 20.7. The van der Waals surface area contributed by atoms with Gasteiger partial charge in [-0.15, -0.1) is 11.3 Å². The highest BCUT2D eigenvalue weighted by molar-refractivity contribution is 7.09. The second-order valence-corrected chi connectivity index (χ2v) is 8.11. The van der Waals surface area contributed by atoms with Gasteiger partial charge in [-0.2, -0.15) is 0 Å². The molecule has 0 radical (unpaired) electrons. The van der Waals surface area contributed by atoms with E-state index in [1.54, 1.807) is 0 Å². The largest absolute Gasteiger partial charge is 0.357 e. The Kier molecular flexibility index (Phi) is 9.53. The summed E-state index contributed by atoms with van der Waals surface area (Å²) in [6.45, 7) is 8.62. The number of likely N-dealkylation sites (tertiary alicyclic amines) is 1. The van der Waals surface area contributed by atoms with E-state index in [0.29, 0.717) is 11.8 Å². The number of guanidine groups is 1. The molecule has 0 aliphatic carbocycles. The summed E-state index contributed by atoms with van der Waals surface area (Å²) in [6.07, 6.45) is 6.14. The maximum Gasteiger partial charge on any atom is 0.222 e. The van der Waals surface area contributed by atoms with Crippen molar-refractivity contribution in [3.63, 3.8) is 0 Å². The molecule has 6 heteroatoms. The van der Waals surface area contributed by atoms with Crippen LogP contribution in [0.2, 0.25) is 0 Å². The molecule has 1 aromatic rings. The number of carbonyl (C=O) groups is 1. The first-order valence-electron chi connectivity index (χ1n) is 10.0. The van der Waals surface area contributed by atoms with Crippen LogP contribution in [0, 0.1) is 5.92 Å². The topological polar surface area (TPSA) is 56.7 Å². The minimum atomic E-state index is 0.325. The van der Waals surface area contributed by atoms with E-state index in [0.717, 1.165) is 70.8 Å². The van der Waals surface area contributed by atoms with Gasteiger partial charge in [-0.1, -0.05) is 19.4 Å². The Morgan fingerprint density at radius 2 is 2.23 bits per heavy atom. The molecular formula is C20H34N4OS. The van der Waals surface area contributed by atoms with E-state index in [4.69, 9.17) is 4.99 Å². The van der Waals surface area contributed by atoms with Crippen molar-refractivity contribution in [2.75, 3.05) is 32.7 Å². The molecule has 1 atom stereocenters. The van der Waals surface area contributed by atoms with Gasteiger partial charge < -0.3 is 15.5 Å². The summed E-state index contributed by atoms with van der Waals surface area (Å²) in [4.78, 5) is 20.2. The van der Waals surface area contributed by atoms with Gasteiger partial charge in [0.05, 0.1) is 0 Å². The molecule has 1 fully saturated rings. The molecule has 2 rings (SSSR count). The van der Waals surface area contributed by atoms with Crippen LogP contribution in [0.4, 0.5) is 0 Å². The van der Waals surface area contributed by atoms with Crippen LogP contribution in [0.3, 0.4) is 0 Å². The van der Waals surface area contributed by atoms with E-state index in [1.165, 1.54) is 11.3 Å². The van der Waals surface area contributed by atoms with E-state index in [1.807, 2.05) is 16.2 Å². The summed E-state index contributed by atoms with van der Waals surface area (Å²) in [5, 5.41) is 8.85. The third-order valence-corrected chi connectivity index (χ3v) is 5.50. The highest BCUT2D eigenvalue weighted by Crippen LogP contribution is 2.14. The van der Waals surface area contributed by atoms with Crippen LogP contribution in [-0.4, -0.2) is 49.5 Å². The molecule has 1 aliphatic rings. The zero-order chi connectivity index (χ0) is 18.6. The fourth-order valence-electron chi connectivity index (χ4n) is 3.18. The number of amides is 1. The van der Waals surface area contributed by atoms with Crippen LogP contribution in [0.25, 0.3) is 0 Å². The number of hydrogen-bond donors (Lipinski definition) is 2. The average molecular weight is 379 g/mol. The molecule has 5 nitrogen and oxygen atoms in total. The first-order chi connectivity index (χ1) is 12.7. The molecular weight excluding hydrogens is 344 g/mol. The lowest BCUT2D eigenvalue weighted by molar-refractivity contribution is -0.130. The lowest BCUT2D eigenvalue weighted by atomic mass is 10.1. The number of aliphatic imine (C=N–C) groups is 1. The number of thiophene rings is 1. The molecule has 0 aromatic carbocycles. The van der Waals surface area contributed by atoms with E-state index in [2.05, 4.69) is 42.0 Å². The highest BCUT2D eigenvalue weighted by atomic mass is 32.1. The van der Waals surface area contributed by atoms with E-state index < -0.39 is 0 Å². The molecule has 1 unspecified atom stereocenters. The minimum absolute atomic E-state index is 0.325. The van der Waals surface area contributed by atoms with Crippen molar-refractivity contribution in [2.24, 2.45) is 10.9 Å². The van der Waals surface area contributed by atoms with E-state index in [-0.39, 0.29) is 0 Å². The Balaban J connectivity index is 1.70. The van der Waals surface area contributed by atoms with Crippen LogP contribution in [-0.2, 0) is 11.2 Å². The molecule has 1 amide bonds. The second kappa shape index (κ2) is 11.9. The van der Waals surface area contributed by atoms with Crippen LogP contribution in [0.1, 0.15) is 50.8 Å². The van der Waals surface area contributed by atoms with Gasteiger partial charge in [0.15, 0.2) is 5.96 Å². The third kappa shape index (κ3) is 7.77. The van der Waals surface area contributed by atoms with E-state index in [9.17, 15) is 4.79 Å².